The number of nitrogens with one attached hydrogen (secondary N) is 1. The van der Waals surface area contributed by atoms with Crippen LogP contribution in [0.4, 0.5) is 11.6 Å². The van der Waals surface area contributed by atoms with Crippen LogP contribution in [0.3, 0.4) is 0 Å². The van der Waals surface area contributed by atoms with Crippen LogP contribution in [0.1, 0.15) is 10.7 Å². The van der Waals surface area contributed by atoms with E-state index in [1.165, 1.54) is 11.8 Å². The first-order chi connectivity index (χ1) is 8.67. The van der Waals surface area contributed by atoms with Gasteiger partial charge in [0.2, 0.25) is 0 Å². The average molecular weight is 281 g/mol. The Morgan fingerprint density at radius 3 is 2.89 bits per heavy atom. The number of anilines is 2. The quantitative estimate of drug-likeness (QED) is 0.646. The maximum atomic E-state index is 5.71. The lowest BCUT2D eigenvalue weighted by Gasteiger charge is -2.06. The second-order valence-electron chi connectivity index (χ2n) is 3.72. The third-order valence-electron chi connectivity index (χ3n) is 2.22. The topological polar surface area (TPSA) is 76.7 Å². The summed E-state index contributed by atoms with van der Waals surface area (Å²) in [5.41, 5.74) is 6.78. The highest BCUT2D eigenvalue weighted by Crippen LogP contribution is 2.15. The molecular weight excluding hydrogens is 266 g/mol. The van der Waals surface area contributed by atoms with Crippen molar-refractivity contribution in [1.82, 2.24) is 15.0 Å². The number of hydrogen-bond acceptors (Lipinski definition) is 7. The number of thiazole rings is 1. The molecule has 2 rings (SSSR count). The lowest BCUT2D eigenvalue weighted by atomic mass is 10.4. The Kier molecular flexibility index (Phi) is 4.38. The van der Waals surface area contributed by atoms with Crippen molar-refractivity contribution in [1.29, 1.82) is 0 Å². The van der Waals surface area contributed by atoms with E-state index in [1.54, 1.807) is 17.4 Å². The zero-order chi connectivity index (χ0) is 13.0. The summed E-state index contributed by atoms with van der Waals surface area (Å²) in [5, 5.41) is 7.11. The van der Waals surface area contributed by atoms with E-state index in [2.05, 4.69) is 25.6 Å². The van der Waals surface area contributed by atoms with Gasteiger partial charge in [0.05, 0.1) is 5.01 Å². The summed E-state index contributed by atoms with van der Waals surface area (Å²) in [6, 6.07) is 1.74. The Bertz CT molecular complexity index is 526. The third-order valence-corrected chi connectivity index (χ3v) is 3.79. The Morgan fingerprint density at radius 2 is 2.22 bits per heavy atom. The van der Waals surface area contributed by atoms with E-state index in [0.29, 0.717) is 11.0 Å². The van der Waals surface area contributed by atoms with E-state index in [1.807, 2.05) is 13.2 Å². The zero-order valence-electron chi connectivity index (χ0n) is 10.3. The minimum Gasteiger partial charge on any atom is -0.383 e. The first kappa shape index (κ1) is 13.1. The van der Waals surface area contributed by atoms with Gasteiger partial charge in [-0.3, -0.25) is 0 Å². The number of nitrogen functional groups attached to an aromatic ring is 1. The largest absolute Gasteiger partial charge is 0.383 e. The predicted molar refractivity (Wildman–Crippen MR) is 77.3 cm³/mol. The van der Waals surface area contributed by atoms with Crippen LogP contribution in [-0.2, 0) is 6.42 Å². The van der Waals surface area contributed by atoms with Gasteiger partial charge in [0, 0.05) is 30.1 Å². The number of aryl methyl sites for hydroxylation is 1. The lowest BCUT2D eigenvalue weighted by molar-refractivity contribution is 0.938. The van der Waals surface area contributed by atoms with Crippen LogP contribution in [-0.4, -0.2) is 27.8 Å². The molecule has 2 aromatic rings. The Balaban J connectivity index is 1.91. The molecule has 18 heavy (non-hydrogen) atoms. The molecule has 0 bridgehead atoms. The normalized spacial score (nSPS) is 10.6. The van der Waals surface area contributed by atoms with E-state index in [9.17, 15) is 0 Å². The van der Waals surface area contributed by atoms with Gasteiger partial charge in [-0.05, 0) is 13.2 Å². The SMILES string of the molecule is CSc1nc(N)cc(NCCc2nc(C)cs2)n1. The van der Waals surface area contributed by atoms with Crippen molar-refractivity contribution in [3.05, 3.63) is 22.1 Å². The molecule has 0 unspecified atom stereocenters. The minimum absolute atomic E-state index is 0.488. The van der Waals surface area contributed by atoms with Gasteiger partial charge in [-0.15, -0.1) is 11.3 Å². The Hall–Kier alpha value is -1.34. The van der Waals surface area contributed by atoms with Crippen molar-refractivity contribution in [2.24, 2.45) is 0 Å². The summed E-state index contributed by atoms with van der Waals surface area (Å²) in [6.07, 6.45) is 2.81. The molecule has 5 nitrogen and oxygen atoms in total. The Morgan fingerprint density at radius 1 is 1.39 bits per heavy atom. The Labute approximate surface area is 114 Å². The molecule has 0 saturated carbocycles. The molecule has 0 spiro atoms. The van der Waals surface area contributed by atoms with Crippen LogP contribution in [0.15, 0.2) is 16.6 Å². The number of nitrogens with two attached hydrogens (primary N) is 1. The monoisotopic (exact) mass is 281 g/mol. The summed E-state index contributed by atoms with van der Waals surface area (Å²) in [4.78, 5) is 12.8. The minimum atomic E-state index is 0.488. The van der Waals surface area contributed by atoms with Gasteiger partial charge >= 0.3 is 0 Å². The van der Waals surface area contributed by atoms with E-state index >= 15 is 0 Å². The highest BCUT2D eigenvalue weighted by molar-refractivity contribution is 7.98. The van der Waals surface area contributed by atoms with Crippen LogP contribution in [0, 0.1) is 6.92 Å². The van der Waals surface area contributed by atoms with Crippen molar-refractivity contribution >= 4 is 34.7 Å². The fraction of sp³-hybridized carbons (Fsp3) is 0.364. The van der Waals surface area contributed by atoms with Crippen LogP contribution >= 0.6 is 23.1 Å². The highest BCUT2D eigenvalue weighted by atomic mass is 32.2. The highest BCUT2D eigenvalue weighted by Gasteiger charge is 2.02. The molecule has 0 saturated heterocycles. The van der Waals surface area contributed by atoms with Crippen LogP contribution < -0.4 is 11.1 Å². The summed E-state index contributed by atoms with van der Waals surface area (Å²) in [7, 11) is 0. The van der Waals surface area contributed by atoms with Crippen molar-refractivity contribution < 1.29 is 0 Å². The molecular formula is C11H15N5S2. The smallest absolute Gasteiger partial charge is 0.191 e. The van der Waals surface area contributed by atoms with Gasteiger partial charge in [0.25, 0.3) is 0 Å². The van der Waals surface area contributed by atoms with Crippen LogP contribution in [0.2, 0.25) is 0 Å². The van der Waals surface area contributed by atoms with Gasteiger partial charge in [-0.2, -0.15) is 0 Å². The van der Waals surface area contributed by atoms with E-state index in [-0.39, 0.29) is 0 Å². The molecule has 0 aliphatic carbocycles. The fourth-order valence-corrected chi connectivity index (χ4v) is 2.60. The fourth-order valence-electron chi connectivity index (χ4n) is 1.44. The second-order valence-corrected chi connectivity index (χ2v) is 5.44. The number of nitrogens with zero attached hydrogens (tertiary/aromatic N) is 3. The third kappa shape index (κ3) is 3.58. The van der Waals surface area contributed by atoms with E-state index in [0.717, 1.165) is 29.5 Å². The van der Waals surface area contributed by atoms with Crippen molar-refractivity contribution in [2.45, 2.75) is 18.5 Å². The van der Waals surface area contributed by atoms with Gasteiger partial charge < -0.3 is 11.1 Å². The van der Waals surface area contributed by atoms with Gasteiger partial charge in [-0.1, -0.05) is 11.8 Å². The molecule has 0 fully saturated rings. The molecule has 2 heterocycles. The van der Waals surface area contributed by atoms with Crippen molar-refractivity contribution in [3.63, 3.8) is 0 Å². The summed E-state index contributed by atoms with van der Waals surface area (Å²) >= 11 is 3.16. The van der Waals surface area contributed by atoms with Crippen molar-refractivity contribution in [2.75, 3.05) is 23.9 Å². The molecule has 0 aliphatic heterocycles. The number of hydrogen-bond donors (Lipinski definition) is 2. The van der Waals surface area contributed by atoms with E-state index in [4.69, 9.17) is 5.73 Å². The maximum absolute atomic E-state index is 5.71. The average Bonchev–Trinajstić information content (AvgIpc) is 2.74. The molecule has 0 aliphatic rings. The lowest BCUT2D eigenvalue weighted by Crippen LogP contribution is -2.08. The first-order valence-corrected chi connectivity index (χ1v) is 7.61. The molecule has 3 N–H and O–H groups in total. The number of thioether (sulfide) groups is 1. The summed E-state index contributed by atoms with van der Waals surface area (Å²) in [6.45, 7) is 2.79. The molecule has 2 aromatic heterocycles. The number of aromatic nitrogens is 3. The summed E-state index contributed by atoms with van der Waals surface area (Å²) < 4.78 is 0. The van der Waals surface area contributed by atoms with E-state index < -0.39 is 0 Å². The molecule has 96 valence electrons. The van der Waals surface area contributed by atoms with Gasteiger partial charge in [0.1, 0.15) is 11.6 Å². The first-order valence-electron chi connectivity index (χ1n) is 5.51. The molecule has 0 amide bonds. The predicted octanol–water partition coefficient (Wildman–Crippen LogP) is 2.20. The van der Waals surface area contributed by atoms with Crippen molar-refractivity contribution in [3.8, 4) is 0 Å². The maximum Gasteiger partial charge on any atom is 0.191 e. The van der Waals surface area contributed by atoms with Crippen LogP contribution in [0.5, 0.6) is 0 Å². The molecule has 7 heteroatoms. The molecule has 0 radical (unpaired) electrons. The van der Waals surface area contributed by atoms with Gasteiger partial charge in [-0.25, -0.2) is 15.0 Å². The molecule has 0 aromatic carbocycles. The zero-order valence-corrected chi connectivity index (χ0v) is 11.9. The second kappa shape index (κ2) is 6.01. The standard InChI is InChI=1S/C11H15N5S2/c1-7-6-18-10(14-7)3-4-13-9-5-8(12)15-11(16-9)17-2/h5-6H,3-4H2,1-2H3,(H3,12,13,15,16). The number of rotatable bonds is 5. The van der Waals surface area contributed by atoms with Crippen LogP contribution in [0.25, 0.3) is 0 Å². The summed E-state index contributed by atoms with van der Waals surface area (Å²) in [5.74, 6) is 1.25. The molecule has 0 atom stereocenters. The van der Waals surface area contributed by atoms with Gasteiger partial charge in [0.15, 0.2) is 5.16 Å².